The fourth-order valence-electron chi connectivity index (χ4n) is 2.90. The molecule has 2 aromatic heterocycles. The number of halogens is 3. The number of hydrogen-bond donors (Lipinski definition) is 1. The van der Waals surface area contributed by atoms with Gasteiger partial charge in [-0.15, -0.1) is 0 Å². The quantitative estimate of drug-likeness (QED) is 0.703. The lowest BCUT2D eigenvalue weighted by molar-refractivity contribution is -0.127. The van der Waals surface area contributed by atoms with Gasteiger partial charge in [0.1, 0.15) is 11.4 Å². The fraction of sp³-hybridized carbons (Fsp3) is 0.476. The number of likely N-dealkylation sites (N-methyl/N-ethyl adjacent to an activating group) is 2. The SMILES string of the molecule is CCN(CCN(C)c1cccc(C(C)(C)O)n1)C(=O)c1cccnc1CC(F)(F)F. The topological polar surface area (TPSA) is 69.6 Å². The van der Waals surface area contributed by atoms with E-state index in [1.165, 1.54) is 23.2 Å². The summed E-state index contributed by atoms with van der Waals surface area (Å²) in [7, 11) is 1.80. The summed E-state index contributed by atoms with van der Waals surface area (Å²) in [5.41, 5.74) is -0.887. The number of aromatic nitrogens is 2. The Hall–Kier alpha value is -2.68. The standard InChI is InChI=1S/C21H27F3N4O2/c1-5-28(19(29)15-8-7-11-25-16(15)14-21(22,23)24)13-12-27(4)18-10-6-9-17(26-18)20(2,3)30/h6-11,30H,5,12-14H2,1-4H3. The summed E-state index contributed by atoms with van der Waals surface area (Å²) in [6.45, 7) is 6.10. The van der Waals surface area contributed by atoms with E-state index in [4.69, 9.17) is 0 Å². The average molecular weight is 424 g/mol. The van der Waals surface area contributed by atoms with Crippen molar-refractivity contribution >= 4 is 11.7 Å². The van der Waals surface area contributed by atoms with Crippen LogP contribution in [0.3, 0.4) is 0 Å². The predicted molar refractivity (Wildman–Crippen MR) is 108 cm³/mol. The summed E-state index contributed by atoms with van der Waals surface area (Å²) >= 11 is 0. The molecule has 2 heterocycles. The van der Waals surface area contributed by atoms with Gasteiger partial charge in [-0.25, -0.2) is 4.98 Å². The molecule has 0 aliphatic heterocycles. The van der Waals surface area contributed by atoms with E-state index in [-0.39, 0.29) is 11.3 Å². The molecule has 30 heavy (non-hydrogen) atoms. The van der Waals surface area contributed by atoms with Crippen LogP contribution < -0.4 is 4.90 Å². The number of carbonyl (C=O) groups excluding carboxylic acids is 1. The summed E-state index contributed by atoms with van der Waals surface area (Å²) in [5, 5.41) is 10.1. The number of nitrogens with zero attached hydrogens (tertiary/aromatic N) is 4. The first-order chi connectivity index (χ1) is 13.9. The van der Waals surface area contributed by atoms with Crippen molar-refractivity contribution in [3.8, 4) is 0 Å². The van der Waals surface area contributed by atoms with Crippen molar-refractivity contribution in [1.82, 2.24) is 14.9 Å². The molecule has 0 unspecified atom stereocenters. The van der Waals surface area contributed by atoms with Gasteiger partial charge in [-0.05, 0) is 45.0 Å². The lowest BCUT2D eigenvalue weighted by Crippen LogP contribution is -2.38. The first-order valence-corrected chi connectivity index (χ1v) is 9.63. The highest BCUT2D eigenvalue weighted by Gasteiger charge is 2.31. The van der Waals surface area contributed by atoms with E-state index >= 15 is 0 Å². The van der Waals surface area contributed by atoms with Crippen LogP contribution in [0.4, 0.5) is 19.0 Å². The van der Waals surface area contributed by atoms with Gasteiger partial charge >= 0.3 is 6.18 Å². The first-order valence-electron chi connectivity index (χ1n) is 9.63. The lowest BCUT2D eigenvalue weighted by atomic mass is 10.1. The predicted octanol–water partition coefficient (Wildman–Crippen LogP) is 3.41. The summed E-state index contributed by atoms with van der Waals surface area (Å²) in [4.78, 5) is 24.4. The molecule has 0 aliphatic carbocycles. The maximum Gasteiger partial charge on any atom is 0.394 e. The Morgan fingerprint density at radius 1 is 1.13 bits per heavy atom. The Morgan fingerprint density at radius 3 is 2.43 bits per heavy atom. The Morgan fingerprint density at radius 2 is 1.83 bits per heavy atom. The molecule has 6 nitrogen and oxygen atoms in total. The third kappa shape index (κ3) is 6.41. The highest BCUT2D eigenvalue weighted by molar-refractivity contribution is 5.95. The molecule has 0 aromatic carbocycles. The van der Waals surface area contributed by atoms with Gasteiger partial charge in [0.25, 0.3) is 5.91 Å². The van der Waals surface area contributed by atoms with Gasteiger partial charge in [-0.1, -0.05) is 6.07 Å². The van der Waals surface area contributed by atoms with Crippen LogP contribution >= 0.6 is 0 Å². The van der Waals surface area contributed by atoms with Gasteiger partial charge < -0.3 is 14.9 Å². The Kier molecular flexibility index (Phi) is 7.41. The van der Waals surface area contributed by atoms with Gasteiger partial charge in [-0.3, -0.25) is 9.78 Å². The summed E-state index contributed by atoms with van der Waals surface area (Å²) in [5.74, 6) is 0.133. The molecule has 0 saturated heterocycles. The van der Waals surface area contributed by atoms with Crippen molar-refractivity contribution in [2.24, 2.45) is 0 Å². The van der Waals surface area contributed by atoms with E-state index in [9.17, 15) is 23.1 Å². The minimum absolute atomic E-state index is 0.0403. The maximum absolute atomic E-state index is 12.9. The molecular weight excluding hydrogens is 397 g/mol. The molecule has 0 aliphatic rings. The molecule has 1 amide bonds. The molecule has 0 saturated carbocycles. The second kappa shape index (κ2) is 9.42. The molecule has 0 fully saturated rings. The number of aliphatic hydroxyl groups is 1. The number of amides is 1. The zero-order valence-corrected chi connectivity index (χ0v) is 17.6. The number of carbonyl (C=O) groups is 1. The van der Waals surface area contributed by atoms with E-state index in [0.717, 1.165) is 0 Å². The number of rotatable bonds is 8. The van der Waals surface area contributed by atoms with Gasteiger partial charge in [0.05, 0.1) is 23.4 Å². The van der Waals surface area contributed by atoms with E-state index in [0.29, 0.717) is 31.1 Å². The fourth-order valence-corrected chi connectivity index (χ4v) is 2.90. The van der Waals surface area contributed by atoms with E-state index in [2.05, 4.69) is 9.97 Å². The molecule has 164 valence electrons. The van der Waals surface area contributed by atoms with Crippen LogP contribution in [0.15, 0.2) is 36.5 Å². The van der Waals surface area contributed by atoms with Gasteiger partial charge in [0.2, 0.25) is 0 Å². The van der Waals surface area contributed by atoms with Crippen LogP contribution in [0.2, 0.25) is 0 Å². The van der Waals surface area contributed by atoms with Crippen molar-refractivity contribution in [2.45, 2.75) is 39.0 Å². The molecule has 9 heteroatoms. The van der Waals surface area contributed by atoms with Gasteiger partial charge in [0.15, 0.2) is 0 Å². The largest absolute Gasteiger partial charge is 0.394 e. The van der Waals surface area contributed by atoms with Crippen molar-refractivity contribution in [2.75, 3.05) is 31.6 Å². The smallest absolute Gasteiger partial charge is 0.384 e. The van der Waals surface area contributed by atoms with E-state index in [1.54, 1.807) is 46.0 Å². The third-order valence-electron chi connectivity index (χ3n) is 4.62. The van der Waals surface area contributed by atoms with Crippen LogP contribution in [-0.4, -0.2) is 58.7 Å². The van der Waals surface area contributed by atoms with Crippen LogP contribution in [-0.2, 0) is 12.0 Å². The minimum Gasteiger partial charge on any atom is -0.384 e. The number of anilines is 1. The molecule has 0 spiro atoms. The molecular formula is C21H27F3N4O2. The normalized spacial score (nSPS) is 12.0. The number of hydrogen-bond acceptors (Lipinski definition) is 5. The summed E-state index contributed by atoms with van der Waals surface area (Å²) in [6.07, 6.45) is -4.44. The Labute approximate surface area is 174 Å². The van der Waals surface area contributed by atoms with E-state index in [1.807, 2.05) is 4.90 Å². The second-order valence-electron chi connectivity index (χ2n) is 7.54. The molecule has 2 rings (SSSR count). The molecule has 1 N–H and O–H groups in total. The number of pyridine rings is 2. The van der Waals surface area contributed by atoms with Gasteiger partial charge in [-0.2, -0.15) is 13.2 Å². The molecule has 0 radical (unpaired) electrons. The average Bonchev–Trinajstić information content (AvgIpc) is 2.66. The van der Waals surface area contributed by atoms with Crippen LogP contribution in [0.25, 0.3) is 0 Å². The van der Waals surface area contributed by atoms with E-state index < -0.39 is 24.1 Å². The highest BCUT2D eigenvalue weighted by Crippen LogP contribution is 2.23. The third-order valence-corrected chi connectivity index (χ3v) is 4.62. The van der Waals surface area contributed by atoms with Crippen molar-refractivity contribution in [3.05, 3.63) is 53.5 Å². The molecule has 0 bridgehead atoms. The summed E-state index contributed by atoms with van der Waals surface area (Å²) in [6, 6.07) is 8.13. The Balaban J connectivity index is 2.12. The van der Waals surface area contributed by atoms with Crippen LogP contribution in [0, 0.1) is 0 Å². The first kappa shape index (κ1) is 23.6. The monoisotopic (exact) mass is 424 g/mol. The molecule has 2 aromatic rings. The molecule has 0 atom stereocenters. The minimum atomic E-state index is -4.45. The number of alkyl halides is 3. The second-order valence-corrected chi connectivity index (χ2v) is 7.54. The van der Waals surface area contributed by atoms with Crippen molar-refractivity contribution in [3.63, 3.8) is 0 Å². The Bertz CT molecular complexity index is 866. The van der Waals surface area contributed by atoms with Crippen molar-refractivity contribution in [1.29, 1.82) is 0 Å². The van der Waals surface area contributed by atoms with Crippen LogP contribution in [0.1, 0.15) is 42.5 Å². The maximum atomic E-state index is 12.9. The summed E-state index contributed by atoms with van der Waals surface area (Å²) < 4.78 is 38.5. The van der Waals surface area contributed by atoms with Crippen LogP contribution in [0.5, 0.6) is 0 Å². The zero-order valence-electron chi connectivity index (χ0n) is 17.6. The lowest BCUT2D eigenvalue weighted by Gasteiger charge is -2.27. The van der Waals surface area contributed by atoms with Crippen molar-refractivity contribution < 1.29 is 23.1 Å². The zero-order chi connectivity index (χ0) is 22.5. The highest BCUT2D eigenvalue weighted by atomic mass is 19.4. The van der Waals surface area contributed by atoms with Gasteiger partial charge in [0, 0.05) is 32.9 Å².